The summed E-state index contributed by atoms with van der Waals surface area (Å²) in [4.78, 5) is 74.9. The van der Waals surface area contributed by atoms with Gasteiger partial charge in [0.05, 0.1) is 13.7 Å². The third kappa shape index (κ3) is 19.6. The molecule has 0 aliphatic rings. The number of hydrogen-bond donors (Lipinski definition) is 0. The topological polar surface area (TPSA) is 120 Å². The van der Waals surface area contributed by atoms with Crippen molar-refractivity contribution in [3.05, 3.63) is 434 Å². The van der Waals surface area contributed by atoms with Crippen molar-refractivity contribution < 1.29 is 33.4 Å². The van der Waals surface area contributed by atoms with Crippen LogP contribution in [0.1, 0.15) is 71.6 Å². The fourth-order valence-corrected chi connectivity index (χ4v) is 11.4. The molecule has 14 aromatic rings. The molecule has 0 bridgehead atoms. The van der Waals surface area contributed by atoms with Crippen LogP contribution in [0.4, 0.5) is 56.9 Å². The van der Waals surface area contributed by atoms with Gasteiger partial charge in [0.1, 0.15) is 11.5 Å². The van der Waals surface area contributed by atoms with Crippen molar-refractivity contribution in [1.29, 1.82) is 0 Å². The van der Waals surface area contributed by atoms with Crippen molar-refractivity contribution in [2.75, 3.05) is 38.2 Å². The second-order valence-electron chi connectivity index (χ2n) is 24.0. The lowest BCUT2D eigenvalue weighted by atomic mass is 10.1. The number of methoxy groups -OCH3 is 1. The molecule has 522 valence electrons. The number of rotatable bonds is 20. The Bertz CT molecular complexity index is 4670. The van der Waals surface area contributed by atoms with E-state index in [9.17, 15) is 24.0 Å². The standard InChI is InChI=1S/C32H24N2O2.C23H23NO2.C20H17NO2.C19H15NO/c35-31(33(27-13-5-1-6-14-27)28-15-7-2-8-16-28)25-21-23-26(24-22-25)32(36)34(29-17-9-3-10-18-29)30-19-11-4-12-20-30;1-2-3-18-26-22-16-14-19(15-17-22)23(25)24(20-10-6-4-7-11-20)21-12-8-5-9-13-21;1-23-19-14-12-16(13-15-19)20(22)21(17-8-4-2-5-9-17)18-10-6-3-7-11-18;21-19(16-10-4-1-5-11-16)20(17-12-6-2-7-13-17)18-14-8-3-9-15-18/h1-24H;4-17H,2-3,18H2,1H3;2-15H,1H3;1-15H. The average Bonchev–Trinajstić information content (AvgIpc) is 0.813. The minimum atomic E-state index is -0.172. The Balaban J connectivity index is 0.000000144. The normalized spacial score (nSPS) is 10.3. The first-order valence-electron chi connectivity index (χ1n) is 34.9. The molecule has 0 saturated carbocycles. The molecule has 0 atom stereocenters. The third-order valence-corrected chi connectivity index (χ3v) is 16.8. The summed E-state index contributed by atoms with van der Waals surface area (Å²) in [5, 5.41) is 0. The van der Waals surface area contributed by atoms with Crippen LogP contribution in [0.2, 0.25) is 0 Å². The quantitative estimate of drug-likeness (QED) is 0.0697. The van der Waals surface area contributed by atoms with Crippen molar-refractivity contribution in [1.82, 2.24) is 0 Å². The van der Waals surface area contributed by atoms with Crippen molar-refractivity contribution >= 4 is 86.4 Å². The summed E-state index contributed by atoms with van der Waals surface area (Å²) in [5.74, 6) is 0.998. The van der Waals surface area contributed by atoms with Gasteiger partial charge in [-0.3, -0.25) is 48.5 Å². The fraction of sp³-hybridized carbons (Fsp3) is 0.0532. The maximum atomic E-state index is 13.6. The predicted molar refractivity (Wildman–Crippen MR) is 429 cm³/mol. The zero-order chi connectivity index (χ0) is 73.5. The fourth-order valence-electron chi connectivity index (χ4n) is 11.4. The van der Waals surface area contributed by atoms with Crippen LogP contribution in [-0.4, -0.2) is 43.3 Å². The Kier molecular flexibility index (Phi) is 26.4. The highest BCUT2D eigenvalue weighted by atomic mass is 16.5. The van der Waals surface area contributed by atoms with E-state index in [-0.39, 0.29) is 29.5 Å². The van der Waals surface area contributed by atoms with Crippen LogP contribution < -0.4 is 34.0 Å². The van der Waals surface area contributed by atoms with Gasteiger partial charge in [-0.05, 0) is 213 Å². The van der Waals surface area contributed by atoms with Crippen molar-refractivity contribution in [2.24, 2.45) is 0 Å². The van der Waals surface area contributed by atoms with Crippen LogP contribution >= 0.6 is 0 Å². The molecule has 0 aliphatic heterocycles. The van der Waals surface area contributed by atoms with Crippen molar-refractivity contribution in [3.8, 4) is 11.5 Å². The first-order valence-corrected chi connectivity index (χ1v) is 34.9. The third-order valence-electron chi connectivity index (χ3n) is 16.8. The minimum Gasteiger partial charge on any atom is -0.497 e. The lowest BCUT2D eigenvalue weighted by molar-refractivity contribution is 0.0987. The molecule has 0 aromatic heterocycles. The summed E-state index contributed by atoms with van der Waals surface area (Å²) >= 11 is 0. The molecule has 0 N–H and O–H groups in total. The summed E-state index contributed by atoms with van der Waals surface area (Å²) < 4.78 is 10.8. The lowest BCUT2D eigenvalue weighted by Gasteiger charge is -2.24. The molecular weight excluding hydrogens is 1310 g/mol. The first kappa shape index (κ1) is 73.3. The molecule has 0 heterocycles. The maximum Gasteiger partial charge on any atom is 0.262 e. The first-order chi connectivity index (χ1) is 52.2. The van der Waals surface area contributed by atoms with E-state index in [2.05, 4.69) is 6.92 Å². The lowest BCUT2D eigenvalue weighted by Crippen LogP contribution is -2.27. The zero-order valence-electron chi connectivity index (χ0n) is 58.9. The second kappa shape index (κ2) is 38.2. The van der Waals surface area contributed by atoms with Gasteiger partial charge in [0.2, 0.25) is 0 Å². The Morgan fingerprint density at radius 2 is 0.377 bits per heavy atom. The van der Waals surface area contributed by atoms with Crippen LogP contribution in [0.3, 0.4) is 0 Å². The van der Waals surface area contributed by atoms with E-state index in [1.807, 2.05) is 358 Å². The zero-order valence-corrected chi connectivity index (χ0v) is 58.9. The highest BCUT2D eigenvalue weighted by molar-refractivity contribution is 6.15. The number of carbonyl (C=O) groups is 5. The molecule has 0 unspecified atom stereocenters. The van der Waals surface area contributed by atoms with Crippen LogP contribution in [0.15, 0.2) is 406 Å². The Morgan fingerprint density at radius 3 is 0.557 bits per heavy atom. The summed E-state index contributed by atoms with van der Waals surface area (Å²) in [6.45, 7) is 2.83. The molecule has 5 amide bonds. The van der Waals surface area contributed by atoms with Gasteiger partial charge in [-0.1, -0.05) is 214 Å². The van der Waals surface area contributed by atoms with E-state index in [4.69, 9.17) is 9.47 Å². The van der Waals surface area contributed by atoms with Gasteiger partial charge in [0, 0.05) is 84.7 Å². The molecule has 0 saturated heterocycles. The number of ether oxygens (including phenoxy) is 2. The van der Waals surface area contributed by atoms with Gasteiger partial charge in [-0.15, -0.1) is 0 Å². The van der Waals surface area contributed by atoms with Gasteiger partial charge in [-0.2, -0.15) is 0 Å². The minimum absolute atomic E-state index is 0.0343. The Labute approximate surface area is 620 Å². The molecule has 12 heteroatoms. The highest BCUT2D eigenvalue weighted by Gasteiger charge is 2.25. The summed E-state index contributed by atoms with van der Waals surface area (Å²) in [5.41, 5.74) is 11.0. The molecule has 0 aliphatic carbocycles. The molecule has 106 heavy (non-hydrogen) atoms. The molecule has 12 nitrogen and oxygen atoms in total. The molecule has 0 fully saturated rings. The molecular formula is C94H79N5O7. The summed E-state index contributed by atoms with van der Waals surface area (Å²) in [7, 11) is 1.61. The predicted octanol–water partition coefficient (Wildman–Crippen LogP) is 22.8. The van der Waals surface area contributed by atoms with Gasteiger partial charge in [0.25, 0.3) is 29.5 Å². The van der Waals surface area contributed by atoms with Crippen LogP contribution in [-0.2, 0) is 0 Å². The largest absolute Gasteiger partial charge is 0.497 e. The van der Waals surface area contributed by atoms with E-state index in [0.29, 0.717) is 34.4 Å². The van der Waals surface area contributed by atoms with Crippen molar-refractivity contribution in [3.63, 3.8) is 0 Å². The number of unbranched alkanes of at least 4 members (excludes halogenated alkanes) is 1. The number of anilines is 10. The Morgan fingerprint density at radius 1 is 0.217 bits per heavy atom. The van der Waals surface area contributed by atoms with Gasteiger partial charge < -0.3 is 9.47 Å². The van der Waals surface area contributed by atoms with E-state index >= 15 is 0 Å². The SMILES string of the molecule is CCCCOc1ccc(C(=O)N(c2ccccc2)c2ccccc2)cc1.COc1ccc(C(=O)N(c2ccccc2)c2ccccc2)cc1.O=C(c1ccc(C(=O)N(c2ccccc2)c2ccccc2)cc1)N(c1ccccc1)c1ccccc1.O=C(c1ccccc1)N(c1ccccc1)c1ccccc1. The van der Waals surface area contributed by atoms with E-state index < -0.39 is 0 Å². The number of hydrogen-bond acceptors (Lipinski definition) is 7. The monoisotopic (exact) mass is 1390 g/mol. The summed E-state index contributed by atoms with van der Waals surface area (Å²) in [6, 6.07) is 127. The number of carbonyl (C=O) groups excluding carboxylic acids is 5. The average molecular weight is 1390 g/mol. The van der Waals surface area contributed by atoms with Gasteiger partial charge >= 0.3 is 0 Å². The number of benzene rings is 14. The molecule has 0 spiro atoms. The van der Waals surface area contributed by atoms with E-state index in [1.54, 1.807) is 80.1 Å². The smallest absolute Gasteiger partial charge is 0.262 e. The van der Waals surface area contributed by atoms with Crippen LogP contribution in [0.25, 0.3) is 0 Å². The number of nitrogens with zero attached hydrogens (tertiary/aromatic N) is 5. The van der Waals surface area contributed by atoms with Gasteiger partial charge in [-0.25, -0.2) is 0 Å². The molecule has 14 aromatic carbocycles. The Hall–Kier alpha value is -14.0. The second-order valence-corrected chi connectivity index (χ2v) is 24.0. The summed E-state index contributed by atoms with van der Waals surface area (Å²) in [6.07, 6.45) is 2.12. The highest BCUT2D eigenvalue weighted by Crippen LogP contribution is 2.34. The molecule has 0 radical (unpaired) electrons. The number of para-hydroxylation sites is 10. The van der Waals surface area contributed by atoms with Crippen molar-refractivity contribution in [2.45, 2.75) is 19.8 Å². The van der Waals surface area contributed by atoms with E-state index in [0.717, 1.165) is 81.2 Å². The maximum absolute atomic E-state index is 13.6. The van der Waals surface area contributed by atoms with Gasteiger partial charge in [0.15, 0.2) is 0 Å². The number of amides is 5. The molecule has 14 rings (SSSR count). The van der Waals surface area contributed by atoms with E-state index in [1.165, 1.54) is 0 Å². The van der Waals surface area contributed by atoms with Crippen LogP contribution in [0, 0.1) is 0 Å². The van der Waals surface area contributed by atoms with Crippen LogP contribution in [0.5, 0.6) is 11.5 Å².